The van der Waals surface area contributed by atoms with Gasteiger partial charge >= 0.3 is 0 Å². The third-order valence-electron chi connectivity index (χ3n) is 1.90. The summed E-state index contributed by atoms with van der Waals surface area (Å²) in [6.45, 7) is 0. The van der Waals surface area contributed by atoms with Crippen LogP contribution < -0.4 is 0 Å². The molecule has 0 radical (unpaired) electrons. The van der Waals surface area contributed by atoms with E-state index in [1.165, 1.54) is 0 Å². The topological polar surface area (TPSA) is 46.6 Å². The maximum atomic E-state index is 11.5. The summed E-state index contributed by atoms with van der Waals surface area (Å²) < 4.78 is 0. The Hall–Kier alpha value is -2.28. The molecule has 2 rings (SSSR count). The molecule has 1 aliphatic rings. The van der Waals surface area contributed by atoms with E-state index >= 15 is 0 Å². The second-order valence-corrected chi connectivity index (χ2v) is 2.66. The van der Waals surface area contributed by atoms with Gasteiger partial charge < -0.3 is 4.84 Å². The van der Waals surface area contributed by atoms with Crippen molar-refractivity contribution in [2.45, 2.75) is 0 Å². The lowest BCUT2D eigenvalue weighted by atomic mass is 10.1. The molecule has 1 aliphatic heterocycles. The van der Waals surface area contributed by atoms with Crippen LogP contribution in [0.1, 0.15) is 20.7 Å². The van der Waals surface area contributed by atoms with E-state index in [0.717, 1.165) is 0 Å². The highest BCUT2D eigenvalue weighted by Crippen LogP contribution is 2.21. The molecule has 0 atom stereocenters. The number of amides is 2. The summed E-state index contributed by atoms with van der Waals surface area (Å²) in [4.78, 5) is 27.4. The van der Waals surface area contributed by atoms with E-state index in [1.54, 1.807) is 30.4 Å². The van der Waals surface area contributed by atoms with Crippen molar-refractivity contribution < 1.29 is 14.4 Å². The van der Waals surface area contributed by atoms with Crippen molar-refractivity contribution in [1.82, 2.24) is 5.06 Å². The Morgan fingerprint density at radius 3 is 2.07 bits per heavy atom. The largest absolute Gasteiger partial charge is 0.315 e. The third-order valence-corrected chi connectivity index (χ3v) is 1.90. The summed E-state index contributed by atoms with van der Waals surface area (Å²) in [5.74, 6) is -1.05. The highest BCUT2D eigenvalue weighted by atomic mass is 16.7. The highest BCUT2D eigenvalue weighted by molar-refractivity contribution is 6.20. The quantitative estimate of drug-likeness (QED) is 0.482. The molecule has 0 bridgehead atoms. The first-order valence-electron chi connectivity index (χ1n) is 3.86. The smallest absolute Gasteiger partial charge is 0.296 e. The fourth-order valence-corrected chi connectivity index (χ4v) is 1.30. The van der Waals surface area contributed by atoms with Crippen LogP contribution in [0.3, 0.4) is 0 Å². The van der Waals surface area contributed by atoms with Crippen LogP contribution in [0, 0.1) is 12.5 Å². The lowest BCUT2D eigenvalue weighted by molar-refractivity contribution is -0.0322. The van der Waals surface area contributed by atoms with Crippen LogP contribution in [0.25, 0.3) is 0 Å². The maximum absolute atomic E-state index is 11.5. The zero-order valence-electron chi connectivity index (χ0n) is 7.06. The van der Waals surface area contributed by atoms with Gasteiger partial charge in [0.25, 0.3) is 11.8 Å². The number of terminal acetylenes is 1. The number of rotatable bonds is 1. The fourth-order valence-electron chi connectivity index (χ4n) is 1.30. The minimum atomic E-state index is -0.524. The molecule has 0 unspecified atom stereocenters. The minimum Gasteiger partial charge on any atom is -0.315 e. The Bertz CT molecular complexity index is 424. The third kappa shape index (κ3) is 0.962. The fraction of sp³-hybridized carbons (Fsp3) is 0. The van der Waals surface area contributed by atoms with Crippen molar-refractivity contribution in [2.24, 2.45) is 0 Å². The molecule has 14 heavy (non-hydrogen) atoms. The molecule has 4 nitrogen and oxygen atoms in total. The molecule has 68 valence electrons. The molecule has 0 spiro atoms. The average Bonchev–Trinajstić information content (AvgIpc) is 2.45. The number of hydroxylamine groups is 2. The van der Waals surface area contributed by atoms with Gasteiger partial charge in [0.2, 0.25) is 0 Å². The van der Waals surface area contributed by atoms with Crippen LogP contribution in [0.15, 0.2) is 24.3 Å². The lowest BCUT2D eigenvalue weighted by Crippen LogP contribution is -2.27. The number of hydrogen-bond donors (Lipinski definition) is 0. The lowest BCUT2D eigenvalue weighted by Gasteiger charge is -2.06. The second-order valence-electron chi connectivity index (χ2n) is 2.66. The Balaban J connectivity index is 2.49. The van der Waals surface area contributed by atoms with Crippen molar-refractivity contribution in [3.8, 4) is 12.5 Å². The number of nitrogens with zero attached hydrogens (tertiary/aromatic N) is 1. The monoisotopic (exact) mass is 187 g/mol. The molecular formula is C10H5NO3. The van der Waals surface area contributed by atoms with Gasteiger partial charge in [0.05, 0.1) is 11.1 Å². The van der Waals surface area contributed by atoms with Gasteiger partial charge in [-0.3, -0.25) is 9.59 Å². The standard InChI is InChI=1S/C10H5NO3/c1-2-14-11-9(12)7-5-3-4-6-8(7)10(11)13/h1,3-6H. The van der Waals surface area contributed by atoms with Gasteiger partial charge in [0.15, 0.2) is 0 Å². The van der Waals surface area contributed by atoms with E-state index in [4.69, 9.17) is 6.42 Å². The molecule has 2 amide bonds. The van der Waals surface area contributed by atoms with Crippen LogP contribution in [0.2, 0.25) is 0 Å². The Kier molecular flexibility index (Phi) is 1.72. The Morgan fingerprint density at radius 1 is 1.14 bits per heavy atom. The molecule has 4 heteroatoms. The van der Waals surface area contributed by atoms with E-state index in [0.29, 0.717) is 16.2 Å². The van der Waals surface area contributed by atoms with E-state index in [1.807, 2.05) is 0 Å². The summed E-state index contributed by atoms with van der Waals surface area (Å²) in [5, 5.41) is 0.574. The van der Waals surface area contributed by atoms with Crippen molar-refractivity contribution in [1.29, 1.82) is 0 Å². The SMILES string of the molecule is C#CON1C(=O)c2ccccc2C1=O. The first-order chi connectivity index (χ1) is 6.75. The average molecular weight is 187 g/mol. The number of hydrogen-bond acceptors (Lipinski definition) is 3. The molecule has 0 saturated heterocycles. The Morgan fingerprint density at radius 2 is 1.64 bits per heavy atom. The predicted octanol–water partition coefficient (Wildman–Crippen LogP) is 0.805. The maximum Gasteiger partial charge on any atom is 0.296 e. The van der Waals surface area contributed by atoms with Crippen LogP contribution >= 0.6 is 0 Å². The van der Waals surface area contributed by atoms with E-state index in [2.05, 4.69) is 4.84 Å². The van der Waals surface area contributed by atoms with Crippen molar-refractivity contribution in [3.05, 3.63) is 35.4 Å². The predicted molar refractivity (Wildman–Crippen MR) is 46.9 cm³/mol. The van der Waals surface area contributed by atoms with E-state index in [-0.39, 0.29) is 0 Å². The number of fused-ring (bicyclic) bond motifs is 1. The zero-order chi connectivity index (χ0) is 10.1. The molecule has 0 N–H and O–H groups in total. The summed E-state index contributed by atoms with van der Waals surface area (Å²) in [5.41, 5.74) is 0.625. The van der Waals surface area contributed by atoms with E-state index in [9.17, 15) is 9.59 Å². The zero-order valence-corrected chi connectivity index (χ0v) is 7.06. The first kappa shape index (κ1) is 8.32. The van der Waals surface area contributed by atoms with Gasteiger partial charge in [-0.15, -0.1) is 0 Å². The molecular weight excluding hydrogens is 182 g/mol. The number of imide groups is 1. The summed E-state index contributed by atoms with van der Waals surface area (Å²) in [6.07, 6.45) is 6.64. The molecule has 0 saturated carbocycles. The van der Waals surface area contributed by atoms with Gasteiger partial charge in [0, 0.05) is 0 Å². The minimum absolute atomic E-state index is 0.313. The van der Waals surface area contributed by atoms with E-state index < -0.39 is 11.8 Å². The summed E-state index contributed by atoms with van der Waals surface area (Å²) >= 11 is 0. The van der Waals surface area contributed by atoms with Gasteiger partial charge in [-0.25, -0.2) is 0 Å². The first-order valence-corrected chi connectivity index (χ1v) is 3.86. The van der Waals surface area contributed by atoms with Crippen LogP contribution in [-0.4, -0.2) is 16.9 Å². The number of carbonyl (C=O) groups is 2. The van der Waals surface area contributed by atoms with Gasteiger partial charge in [-0.2, -0.15) is 0 Å². The van der Waals surface area contributed by atoms with Gasteiger partial charge in [-0.1, -0.05) is 23.6 Å². The van der Waals surface area contributed by atoms with Crippen LogP contribution in [-0.2, 0) is 4.84 Å². The summed E-state index contributed by atoms with van der Waals surface area (Å²) in [6, 6.07) is 6.44. The molecule has 0 fully saturated rings. The molecule has 0 aromatic heterocycles. The van der Waals surface area contributed by atoms with Crippen molar-refractivity contribution >= 4 is 11.8 Å². The number of carbonyl (C=O) groups excluding carboxylic acids is 2. The summed E-state index contributed by atoms with van der Waals surface area (Å²) in [7, 11) is 0. The molecule has 1 heterocycles. The molecule has 1 aromatic rings. The van der Waals surface area contributed by atoms with Crippen LogP contribution in [0.5, 0.6) is 0 Å². The molecule has 0 aliphatic carbocycles. The second kappa shape index (κ2) is 2.89. The van der Waals surface area contributed by atoms with Crippen LogP contribution in [0.4, 0.5) is 0 Å². The Labute approximate surface area is 80.0 Å². The number of benzene rings is 1. The molecule has 1 aromatic carbocycles. The normalized spacial score (nSPS) is 13.8. The van der Waals surface area contributed by atoms with Gasteiger partial charge in [-0.05, 0) is 12.1 Å². The van der Waals surface area contributed by atoms with Crippen molar-refractivity contribution in [2.75, 3.05) is 0 Å². The highest BCUT2D eigenvalue weighted by Gasteiger charge is 2.37. The van der Waals surface area contributed by atoms with Crippen molar-refractivity contribution in [3.63, 3.8) is 0 Å². The van der Waals surface area contributed by atoms with Gasteiger partial charge in [0.1, 0.15) is 6.11 Å².